The van der Waals surface area contributed by atoms with Gasteiger partial charge in [0.25, 0.3) is 0 Å². The zero-order valence-electron chi connectivity index (χ0n) is 22.9. The number of amides is 1. The molecule has 0 aliphatic rings. The van der Waals surface area contributed by atoms with Crippen molar-refractivity contribution in [2.45, 2.75) is 46.1 Å². The molecule has 6 nitrogen and oxygen atoms in total. The van der Waals surface area contributed by atoms with Gasteiger partial charge in [-0.25, -0.2) is 16.8 Å². The highest BCUT2D eigenvalue weighted by molar-refractivity contribution is 8.10. The van der Waals surface area contributed by atoms with Crippen LogP contribution in [0.3, 0.4) is 0 Å². The lowest BCUT2D eigenvalue weighted by molar-refractivity contribution is -0.121. The molecule has 4 aromatic carbocycles. The second-order valence-electron chi connectivity index (χ2n) is 9.93. The van der Waals surface area contributed by atoms with Crippen molar-refractivity contribution in [1.82, 2.24) is 5.32 Å². The van der Waals surface area contributed by atoms with E-state index in [0.717, 1.165) is 11.1 Å². The predicted octanol–water partition coefficient (Wildman–Crippen LogP) is 6.26. The summed E-state index contributed by atoms with van der Waals surface area (Å²) in [6, 6.07) is 33.5. The summed E-state index contributed by atoms with van der Waals surface area (Å²) < 4.78 is 53.8. The van der Waals surface area contributed by atoms with E-state index in [0.29, 0.717) is 0 Å². The van der Waals surface area contributed by atoms with Gasteiger partial charge in [-0.1, -0.05) is 109 Å². The highest BCUT2D eigenvalue weighted by atomic mass is 32.3. The molecule has 4 rings (SSSR count). The lowest BCUT2D eigenvalue weighted by Gasteiger charge is -2.27. The number of carbonyl (C=O) groups excluding carboxylic acids is 1. The summed E-state index contributed by atoms with van der Waals surface area (Å²) in [6.07, 6.45) is 2.75. The fraction of sp³-hybridized carbons (Fsp3) is 0.182. The Morgan fingerprint density at radius 1 is 0.683 bits per heavy atom. The molecule has 8 heteroatoms. The quantitative estimate of drug-likeness (QED) is 0.209. The van der Waals surface area contributed by atoms with E-state index < -0.39 is 29.7 Å². The van der Waals surface area contributed by atoms with Gasteiger partial charge in [0, 0.05) is 12.3 Å². The molecule has 1 N–H and O–H groups in total. The minimum atomic E-state index is -4.44. The molecule has 0 spiro atoms. The number of hydrogen-bond acceptors (Lipinski definition) is 5. The van der Waals surface area contributed by atoms with E-state index in [-0.39, 0.29) is 28.2 Å². The third-order valence-electron chi connectivity index (χ3n) is 7.12. The van der Waals surface area contributed by atoms with Gasteiger partial charge in [-0.2, -0.15) is 0 Å². The van der Waals surface area contributed by atoms with E-state index in [4.69, 9.17) is 0 Å². The molecule has 0 saturated heterocycles. The minimum Gasteiger partial charge on any atom is -0.350 e. The molecule has 4 aromatic rings. The Hall–Kier alpha value is -4.01. The van der Waals surface area contributed by atoms with E-state index in [1.165, 1.54) is 43.3 Å². The normalized spacial score (nSPS) is 13.9. The Morgan fingerprint density at radius 3 is 1.51 bits per heavy atom. The summed E-state index contributed by atoms with van der Waals surface area (Å²) in [4.78, 5) is 13.0. The first-order valence-electron chi connectivity index (χ1n) is 13.2. The number of nitrogens with one attached hydrogen (secondary N) is 1. The third kappa shape index (κ3) is 6.50. The summed E-state index contributed by atoms with van der Waals surface area (Å²) in [5.41, 5.74) is 1.70. The summed E-state index contributed by atoms with van der Waals surface area (Å²) in [5, 5.41) is 3.00. The molecule has 0 radical (unpaired) electrons. The van der Waals surface area contributed by atoms with Gasteiger partial charge in [-0.3, -0.25) is 4.79 Å². The second-order valence-corrected chi connectivity index (χ2v) is 14.8. The lowest BCUT2D eigenvalue weighted by Crippen LogP contribution is -2.42. The van der Waals surface area contributed by atoms with Crippen LogP contribution in [0.5, 0.6) is 0 Å². The van der Waals surface area contributed by atoms with Crippen LogP contribution in [0.25, 0.3) is 0 Å². The van der Waals surface area contributed by atoms with Crippen molar-refractivity contribution in [2.75, 3.05) is 0 Å². The van der Waals surface area contributed by atoms with Gasteiger partial charge in [-0.05, 0) is 49.2 Å². The van der Waals surface area contributed by atoms with Crippen molar-refractivity contribution >= 4 is 25.6 Å². The van der Waals surface area contributed by atoms with Crippen LogP contribution in [0.1, 0.15) is 43.4 Å². The van der Waals surface area contributed by atoms with Crippen molar-refractivity contribution in [2.24, 2.45) is 0 Å². The molecular formula is C33H33NO5S2. The van der Waals surface area contributed by atoms with Gasteiger partial charge >= 0.3 is 0 Å². The Bertz CT molecular complexity index is 1620. The summed E-state index contributed by atoms with van der Waals surface area (Å²) in [6.45, 7) is 3.09. The molecule has 0 aliphatic heterocycles. The number of benzene rings is 4. The summed E-state index contributed by atoms with van der Waals surface area (Å²) in [5.74, 6) is -0.839. The van der Waals surface area contributed by atoms with E-state index in [2.05, 4.69) is 5.32 Å². The summed E-state index contributed by atoms with van der Waals surface area (Å²) in [7, 11) is -8.89. The fourth-order valence-electron chi connectivity index (χ4n) is 4.60. The Labute approximate surface area is 242 Å². The maximum absolute atomic E-state index is 14.0. The van der Waals surface area contributed by atoms with Crippen LogP contribution in [0.4, 0.5) is 0 Å². The average molecular weight is 588 g/mol. The van der Waals surface area contributed by atoms with Crippen molar-refractivity contribution in [3.63, 3.8) is 0 Å². The smallest absolute Gasteiger partial charge is 0.221 e. The molecule has 0 unspecified atom stereocenters. The van der Waals surface area contributed by atoms with Crippen LogP contribution in [-0.2, 0) is 24.5 Å². The highest BCUT2D eigenvalue weighted by Gasteiger charge is 2.50. The monoisotopic (exact) mass is 587 g/mol. The number of allylic oxidation sites excluding steroid dienone is 1. The average Bonchev–Trinajstić information content (AvgIpc) is 3.00. The van der Waals surface area contributed by atoms with Crippen molar-refractivity contribution in [3.05, 3.63) is 145 Å². The first-order chi connectivity index (χ1) is 19.6. The summed E-state index contributed by atoms with van der Waals surface area (Å²) >= 11 is 0. The standard InChI is InChI=1S/C33H33NO5S2/c1-26(27-15-7-3-8-16-27)34-32(35)25-29(28-17-9-4-10-18-28)23-24-33(2,40(36,37)30-19-11-5-12-20-30)41(38,39)31-21-13-6-14-22-31/h3-24,26,29H,25H2,1-2H3,(H,34,35)/b24-23+/t26-,29+/m0/s1. The zero-order chi connectivity index (χ0) is 29.5. The molecule has 0 heterocycles. The van der Waals surface area contributed by atoms with E-state index >= 15 is 0 Å². The van der Waals surface area contributed by atoms with Gasteiger partial charge in [0.2, 0.25) is 25.6 Å². The van der Waals surface area contributed by atoms with Crippen molar-refractivity contribution < 1.29 is 21.6 Å². The van der Waals surface area contributed by atoms with Crippen LogP contribution in [0, 0.1) is 0 Å². The Kier molecular flexibility index (Phi) is 9.25. The molecule has 0 aliphatic carbocycles. The first-order valence-corrected chi connectivity index (χ1v) is 16.2. The third-order valence-corrected chi connectivity index (χ3v) is 12.6. The fourth-order valence-corrected chi connectivity index (χ4v) is 8.82. The van der Waals surface area contributed by atoms with Gasteiger partial charge in [0.15, 0.2) is 4.08 Å². The van der Waals surface area contributed by atoms with Gasteiger partial charge in [0.1, 0.15) is 0 Å². The molecule has 0 saturated carbocycles. The van der Waals surface area contributed by atoms with Crippen LogP contribution in [0.15, 0.2) is 143 Å². The Balaban J connectivity index is 1.76. The Morgan fingerprint density at radius 2 is 1.07 bits per heavy atom. The predicted molar refractivity (Wildman–Crippen MR) is 162 cm³/mol. The maximum Gasteiger partial charge on any atom is 0.221 e. The highest BCUT2D eigenvalue weighted by Crippen LogP contribution is 2.38. The maximum atomic E-state index is 14.0. The minimum absolute atomic E-state index is 0.00939. The lowest BCUT2D eigenvalue weighted by atomic mass is 9.94. The number of sulfone groups is 2. The van der Waals surface area contributed by atoms with Crippen LogP contribution < -0.4 is 5.32 Å². The zero-order valence-corrected chi connectivity index (χ0v) is 24.6. The van der Waals surface area contributed by atoms with Gasteiger partial charge < -0.3 is 5.32 Å². The molecule has 0 bridgehead atoms. The second kappa shape index (κ2) is 12.7. The van der Waals surface area contributed by atoms with E-state index in [1.807, 2.05) is 67.6 Å². The number of rotatable bonds is 11. The largest absolute Gasteiger partial charge is 0.350 e. The topological polar surface area (TPSA) is 97.4 Å². The van der Waals surface area contributed by atoms with Crippen LogP contribution >= 0.6 is 0 Å². The van der Waals surface area contributed by atoms with E-state index in [1.54, 1.807) is 36.4 Å². The number of carbonyl (C=O) groups is 1. The van der Waals surface area contributed by atoms with Crippen LogP contribution in [-0.4, -0.2) is 26.8 Å². The number of hydrogen-bond donors (Lipinski definition) is 1. The molecule has 2 atom stereocenters. The first kappa shape index (κ1) is 30.0. The van der Waals surface area contributed by atoms with Crippen LogP contribution in [0.2, 0.25) is 0 Å². The SMILES string of the molecule is C[C@H](NC(=O)C[C@@H](/C=C/C(C)(S(=O)(=O)c1ccccc1)S(=O)(=O)c1ccccc1)c1ccccc1)c1ccccc1. The molecule has 41 heavy (non-hydrogen) atoms. The van der Waals surface area contributed by atoms with E-state index in [9.17, 15) is 21.6 Å². The molecule has 0 fully saturated rings. The van der Waals surface area contributed by atoms with Crippen molar-refractivity contribution in [1.29, 1.82) is 0 Å². The van der Waals surface area contributed by atoms with Crippen molar-refractivity contribution in [3.8, 4) is 0 Å². The molecule has 212 valence electrons. The molecule has 0 aromatic heterocycles. The van der Waals surface area contributed by atoms with Gasteiger partial charge in [-0.15, -0.1) is 0 Å². The molecule has 1 amide bonds. The van der Waals surface area contributed by atoms with Gasteiger partial charge in [0.05, 0.1) is 15.8 Å². The molecular weight excluding hydrogens is 554 g/mol.